The molecule has 0 saturated carbocycles. The molecular weight excluding hydrogens is 274 g/mol. The molecule has 0 fully saturated rings. The largest absolute Gasteiger partial charge is 0.496 e. The first-order valence-electron chi connectivity index (χ1n) is 6.41. The van der Waals surface area contributed by atoms with Crippen molar-refractivity contribution in [1.29, 1.82) is 0 Å². The molecule has 0 atom stereocenters. The topological polar surface area (TPSA) is 44.5 Å². The first-order chi connectivity index (χ1) is 9.72. The third-order valence-corrected chi connectivity index (χ3v) is 3.23. The zero-order valence-electron chi connectivity index (χ0n) is 11.4. The lowest BCUT2D eigenvalue weighted by molar-refractivity contribution is 0.107. The van der Waals surface area contributed by atoms with E-state index in [0.717, 1.165) is 27.5 Å². The van der Waals surface area contributed by atoms with Gasteiger partial charge in [0, 0.05) is 17.1 Å². The number of benzene rings is 2. The molecule has 0 heterocycles. The van der Waals surface area contributed by atoms with E-state index in [1.165, 1.54) is 0 Å². The third kappa shape index (κ3) is 3.97. The maximum atomic E-state index is 5.93. The van der Waals surface area contributed by atoms with E-state index in [0.29, 0.717) is 19.8 Å². The number of ether oxygens (including phenoxy) is 2. The van der Waals surface area contributed by atoms with Gasteiger partial charge in [0.15, 0.2) is 0 Å². The quantitative estimate of drug-likeness (QED) is 0.885. The van der Waals surface area contributed by atoms with Gasteiger partial charge in [-0.15, -0.1) is 0 Å². The molecule has 2 aromatic carbocycles. The van der Waals surface area contributed by atoms with Crippen molar-refractivity contribution in [2.24, 2.45) is 5.73 Å². The van der Waals surface area contributed by atoms with Crippen molar-refractivity contribution < 1.29 is 9.47 Å². The Labute approximate surface area is 124 Å². The molecule has 3 nitrogen and oxygen atoms in total. The van der Waals surface area contributed by atoms with E-state index in [9.17, 15) is 0 Å². The highest BCUT2D eigenvalue weighted by Gasteiger charge is 2.03. The fraction of sp³-hybridized carbons (Fsp3) is 0.250. The summed E-state index contributed by atoms with van der Waals surface area (Å²) in [5, 5.41) is 0.722. The highest BCUT2D eigenvalue weighted by atomic mass is 35.5. The van der Waals surface area contributed by atoms with Crippen molar-refractivity contribution in [1.82, 2.24) is 0 Å². The van der Waals surface area contributed by atoms with Gasteiger partial charge in [-0.2, -0.15) is 0 Å². The fourth-order valence-electron chi connectivity index (χ4n) is 1.96. The highest BCUT2D eigenvalue weighted by molar-refractivity contribution is 6.30. The SMILES string of the molecule is COc1cc(COCc2cccc(Cl)c2)ccc1CN. The molecule has 2 N–H and O–H groups in total. The van der Waals surface area contributed by atoms with E-state index in [-0.39, 0.29) is 0 Å². The Balaban J connectivity index is 1.94. The number of nitrogens with two attached hydrogens (primary N) is 1. The number of halogens is 1. The molecular formula is C16H18ClNO2. The van der Waals surface area contributed by atoms with Gasteiger partial charge in [0.05, 0.1) is 20.3 Å². The third-order valence-electron chi connectivity index (χ3n) is 3.00. The Bertz CT molecular complexity index is 572. The van der Waals surface area contributed by atoms with Crippen LogP contribution >= 0.6 is 11.6 Å². The Morgan fingerprint density at radius 3 is 2.45 bits per heavy atom. The lowest BCUT2D eigenvalue weighted by atomic mass is 10.1. The number of hydrogen-bond donors (Lipinski definition) is 1. The first kappa shape index (κ1) is 14.9. The summed E-state index contributed by atoms with van der Waals surface area (Å²) < 4.78 is 11.0. The molecule has 0 aliphatic carbocycles. The van der Waals surface area contributed by atoms with Crippen molar-refractivity contribution in [2.75, 3.05) is 7.11 Å². The van der Waals surface area contributed by atoms with E-state index < -0.39 is 0 Å². The lowest BCUT2D eigenvalue weighted by Crippen LogP contribution is -2.01. The second-order valence-electron chi connectivity index (χ2n) is 4.47. The molecule has 20 heavy (non-hydrogen) atoms. The molecule has 2 rings (SSSR count). The van der Waals surface area contributed by atoms with Crippen LogP contribution in [0.15, 0.2) is 42.5 Å². The van der Waals surface area contributed by atoms with Gasteiger partial charge in [0.2, 0.25) is 0 Å². The van der Waals surface area contributed by atoms with E-state index in [2.05, 4.69) is 0 Å². The summed E-state index contributed by atoms with van der Waals surface area (Å²) in [5.41, 5.74) is 8.75. The molecule has 0 aromatic heterocycles. The van der Waals surface area contributed by atoms with Gasteiger partial charge >= 0.3 is 0 Å². The van der Waals surface area contributed by atoms with Crippen molar-refractivity contribution in [3.8, 4) is 5.75 Å². The van der Waals surface area contributed by atoms with Gasteiger partial charge in [0.1, 0.15) is 5.75 Å². The maximum absolute atomic E-state index is 5.93. The minimum absolute atomic E-state index is 0.465. The zero-order valence-corrected chi connectivity index (χ0v) is 12.2. The normalized spacial score (nSPS) is 10.6. The van der Waals surface area contributed by atoms with Gasteiger partial charge in [-0.3, -0.25) is 0 Å². The fourth-order valence-corrected chi connectivity index (χ4v) is 2.17. The molecule has 0 spiro atoms. The minimum Gasteiger partial charge on any atom is -0.496 e. The van der Waals surface area contributed by atoms with Gasteiger partial charge in [-0.05, 0) is 29.3 Å². The van der Waals surface area contributed by atoms with Crippen molar-refractivity contribution in [3.05, 3.63) is 64.2 Å². The molecule has 0 saturated heterocycles. The molecule has 0 radical (unpaired) electrons. The zero-order chi connectivity index (χ0) is 14.4. The molecule has 106 valence electrons. The second kappa shape index (κ2) is 7.29. The van der Waals surface area contributed by atoms with Gasteiger partial charge < -0.3 is 15.2 Å². The van der Waals surface area contributed by atoms with Gasteiger partial charge in [-0.1, -0.05) is 35.9 Å². The van der Waals surface area contributed by atoms with E-state index in [4.69, 9.17) is 26.8 Å². The maximum Gasteiger partial charge on any atom is 0.123 e. The van der Waals surface area contributed by atoms with Crippen LogP contribution in [-0.2, 0) is 24.5 Å². The lowest BCUT2D eigenvalue weighted by Gasteiger charge is -2.10. The Hall–Kier alpha value is -1.55. The van der Waals surface area contributed by atoms with E-state index >= 15 is 0 Å². The van der Waals surface area contributed by atoms with Crippen molar-refractivity contribution >= 4 is 11.6 Å². The van der Waals surface area contributed by atoms with Crippen LogP contribution in [0, 0.1) is 0 Å². The molecule has 0 aliphatic rings. The van der Waals surface area contributed by atoms with Gasteiger partial charge in [0.25, 0.3) is 0 Å². The predicted molar refractivity (Wildman–Crippen MR) is 80.8 cm³/mol. The molecule has 0 bridgehead atoms. The Kier molecular flexibility index (Phi) is 5.41. The van der Waals surface area contributed by atoms with Crippen LogP contribution < -0.4 is 10.5 Å². The molecule has 0 amide bonds. The van der Waals surface area contributed by atoms with E-state index in [1.54, 1.807) is 7.11 Å². The number of rotatable bonds is 6. The van der Waals surface area contributed by atoms with Crippen LogP contribution in [0.5, 0.6) is 5.75 Å². The Morgan fingerprint density at radius 2 is 1.80 bits per heavy atom. The standard InChI is InChI=1S/C16H18ClNO2/c1-19-16-8-13(5-6-14(16)9-18)11-20-10-12-3-2-4-15(17)7-12/h2-8H,9-11,18H2,1H3. The Morgan fingerprint density at radius 1 is 1.05 bits per heavy atom. The molecule has 4 heteroatoms. The number of methoxy groups -OCH3 is 1. The van der Waals surface area contributed by atoms with Crippen LogP contribution in [0.25, 0.3) is 0 Å². The summed E-state index contributed by atoms with van der Waals surface area (Å²) in [6.45, 7) is 1.52. The first-order valence-corrected chi connectivity index (χ1v) is 6.78. The van der Waals surface area contributed by atoms with Crippen LogP contribution in [0.2, 0.25) is 5.02 Å². The average Bonchev–Trinajstić information content (AvgIpc) is 2.47. The average molecular weight is 292 g/mol. The summed E-state index contributed by atoms with van der Waals surface area (Å²) in [7, 11) is 1.64. The second-order valence-corrected chi connectivity index (χ2v) is 4.91. The molecule has 0 aliphatic heterocycles. The van der Waals surface area contributed by atoms with Crippen LogP contribution in [-0.4, -0.2) is 7.11 Å². The van der Waals surface area contributed by atoms with Gasteiger partial charge in [-0.25, -0.2) is 0 Å². The van der Waals surface area contributed by atoms with Crippen LogP contribution in [0.4, 0.5) is 0 Å². The summed E-state index contributed by atoms with van der Waals surface area (Å²) in [6.07, 6.45) is 0. The van der Waals surface area contributed by atoms with Crippen LogP contribution in [0.1, 0.15) is 16.7 Å². The highest BCUT2D eigenvalue weighted by Crippen LogP contribution is 2.20. The summed E-state index contributed by atoms with van der Waals surface area (Å²) in [4.78, 5) is 0. The summed E-state index contributed by atoms with van der Waals surface area (Å²) >= 11 is 5.93. The summed E-state index contributed by atoms with van der Waals surface area (Å²) in [6, 6.07) is 13.6. The minimum atomic E-state index is 0.465. The number of hydrogen-bond acceptors (Lipinski definition) is 3. The predicted octanol–water partition coefficient (Wildman–Crippen LogP) is 3.52. The smallest absolute Gasteiger partial charge is 0.123 e. The monoisotopic (exact) mass is 291 g/mol. The summed E-state index contributed by atoms with van der Waals surface area (Å²) in [5.74, 6) is 0.802. The molecule has 0 unspecified atom stereocenters. The van der Waals surface area contributed by atoms with Crippen molar-refractivity contribution in [2.45, 2.75) is 19.8 Å². The van der Waals surface area contributed by atoms with E-state index in [1.807, 2.05) is 42.5 Å². The van der Waals surface area contributed by atoms with Crippen molar-refractivity contribution in [3.63, 3.8) is 0 Å². The van der Waals surface area contributed by atoms with Crippen LogP contribution in [0.3, 0.4) is 0 Å². The molecule has 2 aromatic rings.